The molecule has 3 aromatic rings. The molecule has 0 atom stereocenters. The molecule has 0 spiro atoms. The summed E-state index contributed by atoms with van der Waals surface area (Å²) in [4.78, 5) is 14.9. The number of nitrogens with zero attached hydrogens (tertiary/aromatic N) is 6. The highest BCUT2D eigenvalue weighted by Crippen LogP contribution is 2.29. The summed E-state index contributed by atoms with van der Waals surface area (Å²) in [5, 5.41) is 11.5. The van der Waals surface area contributed by atoms with Crippen LogP contribution in [0.4, 0.5) is 19.0 Å². The molecule has 0 saturated heterocycles. The Bertz CT molecular complexity index is 1030. The van der Waals surface area contributed by atoms with Crippen LogP contribution in [0.3, 0.4) is 0 Å². The molecule has 2 heterocycles. The molecule has 0 amide bonds. The maximum Gasteiger partial charge on any atom is 0.416 e. The summed E-state index contributed by atoms with van der Waals surface area (Å²) in [6.45, 7) is 4.08. The second kappa shape index (κ2) is 11.3. The van der Waals surface area contributed by atoms with E-state index in [2.05, 4.69) is 30.7 Å². The predicted molar refractivity (Wildman–Crippen MR) is 129 cm³/mol. The summed E-state index contributed by atoms with van der Waals surface area (Å²) in [5.74, 6) is 1.36. The van der Waals surface area contributed by atoms with Crippen LogP contribution in [0, 0.1) is 0 Å². The quantitative estimate of drug-likeness (QED) is 0.199. The molecule has 0 radical (unpaired) electrons. The lowest BCUT2D eigenvalue weighted by molar-refractivity contribution is -0.137. The van der Waals surface area contributed by atoms with E-state index in [0.717, 1.165) is 28.7 Å². The van der Waals surface area contributed by atoms with Gasteiger partial charge in [0.25, 0.3) is 0 Å². The van der Waals surface area contributed by atoms with Crippen molar-refractivity contribution in [1.82, 2.24) is 30.0 Å². The Kier molecular flexibility index (Phi) is 9.04. The Morgan fingerprint density at radius 1 is 1.19 bits per heavy atom. The minimum atomic E-state index is -4.33. The normalized spacial score (nSPS) is 11.9. The molecule has 2 aromatic heterocycles. The fourth-order valence-electron chi connectivity index (χ4n) is 3.06. The topological polar surface area (TPSA) is 83.3 Å². The zero-order valence-corrected chi connectivity index (χ0v) is 20.3. The van der Waals surface area contributed by atoms with E-state index in [-0.39, 0.29) is 24.0 Å². The van der Waals surface area contributed by atoms with E-state index < -0.39 is 11.7 Å². The van der Waals surface area contributed by atoms with Crippen LogP contribution < -0.4 is 10.6 Å². The van der Waals surface area contributed by atoms with Gasteiger partial charge >= 0.3 is 6.18 Å². The van der Waals surface area contributed by atoms with Gasteiger partial charge in [-0.3, -0.25) is 9.67 Å². The summed E-state index contributed by atoms with van der Waals surface area (Å²) < 4.78 is 39.9. The number of nitrogens with one attached hydrogen (secondary N) is 2. The number of hydrogen-bond donors (Lipinski definition) is 2. The van der Waals surface area contributed by atoms with Crippen molar-refractivity contribution in [3.05, 3.63) is 47.9 Å². The smallest absolute Gasteiger partial charge is 0.367 e. The van der Waals surface area contributed by atoms with Crippen molar-refractivity contribution in [2.75, 3.05) is 32.0 Å². The van der Waals surface area contributed by atoms with Gasteiger partial charge in [-0.05, 0) is 24.6 Å². The van der Waals surface area contributed by atoms with Crippen molar-refractivity contribution >= 4 is 46.8 Å². The first-order chi connectivity index (χ1) is 14.8. The van der Waals surface area contributed by atoms with E-state index in [9.17, 15) is 13.2 Å². The highest BCUT2D eigenvalue weighted by Gasteiger charge is 2.29. The van der Waals surface area contributed by atoms with Crippen LogP contribution in [-0.4, -0.2) is 57.3 Å². The molecule has 174 valence electrons. The van der Waals surface area contributed by atoms with Crippen molar-refractivity contribution in [3.63, 3.8) is 0 Å². The van der Waals surface area contributed by atoms with Crippen LogP contribution in [0.2, 0.25) is 0 Å². The molecule has 0 saturated carbocycles. The van der Waals surface area contributed by atoms with Crippen LogP contribution in [0.25, 0.3) is 11.0 Å². The number of halogens is 4. The fourth-order valence-corrected chi connectivity index (χ4v) is 3.06. The molecule has 1 aromatic carbocycles. The number of fused-ring (bicyclic) bond motifs is 1. The van der Waals surface area contributed by atoms with Gasteiger partial charge in [0, 0.05) is 33.7 Å². The number of hydrogen-bond acceptors (Lipinski definition) is 5. The van der Waals surface area contributed by atoms with Crippen LogP contribution in [-0.2, 0) is 19.8 Å². The molecule has 0 unspecified atom stereocenters. The second-order valence-electron chi connectivity index (χ2n) is 6.94. The number of anilines is 1. The average molecular weight is 562 g/mol. The summed E-state index contributed by atoms with van der Waals surface area (Å²) in [5.41, 5.74) is 0.850. The molecular weight excluding hydrogens is 536 g/mol. The molecule has 8 nitrogen and oxygen atoms in total. The molecule has 3 rings (SSSR count). The first-order valence-corrected chi connectivity index (χ1v) is 9.81. The Labute approximate surface area is 201 Å². The van der Waals surface area contributed by atoms with E-state index >= 15 is 0 Å². The number of aryl methyl sites for hydroxylation is 1. The highest BCUT2D eigenvalue weighted by atomic mass is 127. The van der Waals surface area contributed by atoms with Gasteiger partial charge < -0.3 is 15.5 Å². The monoisotopic (exact) mass is 562 g/mol. The SMILES string of the molecule is CCNC(=NCCNc1ncnc2c1cnn2C)N(C)Cc1ccc(C(F)(F)F)cc1.I. The zero-order valence-electron chi connectivity index (χ0n) is 18.0. The lowest BCUT2D eigenvalue weighted by Crippen LogP contribution is -2.38. The molecule has 0 bridgehead atoms. The summed E-state index contributed by atoms with van der Waals surface area (Å²) in [6.07, 6.45) is -1.14. The van der Waals surface area contributed by atoms with Gasteiger partial charge in [-0.25, -0.2) is 9.97 Å². The van der Waals surface area contributed by atoms with Crippen LogP contribution in [0.15, 0.2) is 41.8 Å². The van der Waals surface area contributed by atoms with Gasteiger partial charge in [0.1, 0.15) is 12.1 Å². The molecule has 12 heteroatoms. The van der Waals surface area contributed by atoms with Crippen molar-refractivity contribution in [1.29, 1.82) is 0 Å². The van der Waals surface area contributed by atoms with E-state index in [0.29, 0.717) is 38.0 Å². The second-order valence-corrected chi connectivity index (χ2v) is 6.94. The average Bonchev–Trinajstić information content (AvgIpc) is 3.11. The van der Waals surface area contributed by atoms with Crippen molar-refractivity contribution in [2.24, 2.45) is 12.0 Å². The molecule has 0 aliphatic heterocycles. The van der Waals surface area contributed by atoms with E-state index in [1.807, 2.05) is 25.9 Å². The largest absolute Gasteiger partial charge is 0.416 e. The summed E-state index contributed by atoms with van der Waals surface area (Å²) in [6, 6.07) is 5.16. The van der Waals surface area contributed by atoms with Gasteiger partial charge in [0.15, 0.2) is 11.6 Å². The van der Waals surface area contributed by atoms with Gasteiger partial charge in [0.05, 0.1) is 23.7 Å². The third-order valence-corrected chi connectivity index (χ3v) is 4.59. The minimum absolute atomic E-state index is 0. The third-order valence-electron chi connectivity index (χ3n) is 4.59. The Balaban J connectivity index is 0.00000363. The number of aromatic nitrogens is 4. The van der Waals surface area contributed by atoms with Gasteiger partial charge in [-0.1, -0.05) is 12.1 Å². The van der Waals surface area contributed by atoms with E-state index in [1.54, 1.807) is 10.9 Å². The van der Waals surface area contributed by atoms with Gasteiger partial charge in [-0.2, -0.15) is 18.3 Å². The van der Waals surface area contributed by atoms with Crippen LogP contribution in [0.1, 0.15) is 18.1 Å². The highest BCUT2D eigenvalue weighted by molar-refractivity contribution is 14.0. The van der Waals surface area contributed by atoms with Crippen LogP contribution >= 0.6 is 24.0 Å². The standard InChI is InChI=1S/C20H25F3N8.HI/c1-4-24-19(30(2)12-14-5-7-15(8-6-14)20(21,22)23)26-10-9-25-17-16-11-29-31(3)18(16)28-13-27-17;/h5-8,11,13H,4,9-10,12H2,1-3H3,(H,24,26)(H,25,27,28);1H. The maximum atomic E-state index is 12.7. The van der Waals surface area contributed by atoms with Gasteiger partial charge in [0.2, 0.25) is 0 Å². The molecular formula is C20H26F3IN8. The number of alkyl halides is 3. The molecule has 0 fully saturated rings. The van der Waals surface area contributed by atoms with Gasteiger partial charge in [-0.15, -0.1) is 24.0 Å². The molecule has 2 N–H and O–H groups in total. The fraction of sp³-hybridized carbons (Fsp3) is 0.400. The maximum absolute atomic E-state index is 12.7. The lowest BCUT2D eigenvalue weighted by atomic mass is 10.1. The number of benzene rings is 1. The Morgan fingerprint density at radius 3 is 2.56 bits per heavy atom. The zero-order chi connectivity index (χ0) is 22.4. The Hall–Kier alpha value is -2.64. The summed E-state index contributed by atoms with van der Waals surface area (Å²) >= 11 is 0. The Morgan fingerprint density at radius 2 is 1.91 bits per heavy atom. The van der Waals surface area contributed by atoms with Crippen molar-refractivity contribution in [2.45, 2.75) is 19.6 Å². The van der Waals surface area contributed by atoms with Crippen LogP contribution in [0.5, 0.6) is 0 Å². The third kappa shape index (κ3) is 6.43. The summed E-state index contributed by atoms with van der Waals surface area (Å²) in [7, 11) is 3.66. The van der Waals surface area contributed by atoms with E-state index in [4.69, 9.17) is 0 Å². The first kappa shape index (κ1) is 25.6. The minimum Gasteiger partial charge on any atom is -0.367 e. The first-order valence-electron chi connectivity index (χ1n) is 9.81. The molecule has 32 heavy (non-hydrogen) atoms. The van der Waals surface area contributed by atoms with Crippen molar-refractivity contribution < 1.29 is 13.2 Å². The predicted octanol–water partition coefficient (Wildman–Crippen LogP) is 3.51. The number of rotatable bonds is 7. The van der Waals surface area contributed by atoms with E-state index in [1.165, 1.54) is 18.5 Å². The number of aliphatic imine (C=N–C) groups is 1. The van der Waals surface area contributed by atoms with Crippen molar-refractivity contribution in [3.8, 4) is 0 Å². The number of guanidine groups is 1. The molecule has 0 aliphatic carbocycles. The molecule has 0 aliphatic rings. The lowest BCUT2D eigenvalue weighted by Gasteiger charge is -2.22.